The molecule has 2 aromatic rings. The molecule has 2 aromatic heterocycles. The normalized spacial score (nSPS) is 18.0. The number of hydrogen-bond acceptors (Lipinski definition) is 5. The minimum Gasteiger partial charge on any atom is -0.481 e. The first kappa shape index (κ1) is 42.7. The second-order valence-electron chi connectivity index (χ2n) is 16.3. The fraction of sp³-hybridized carbons (Fsp3) is 0.744. The lowest BCUT2D eigenvalue weighted by atomic mass is 9.80. The van der Waals surface area contributed by atoms with E-state index in [-0.39, 0.29) is 29.8 Å². The van der Waals surface area contributed by atoms with E-state index in [4.69, 9.17) is 9.47 Å². The van der Waals surface area contributed by atoms with E-state index in [9.17, 15) is 19.5 Å². The molecular weight excluding hydrogens is 640 g/mol. The van der Waals surface area contributed by atoms with Crippen LogP contribution in [-0.2, 0) is 20.7 Å². The summed E-state index contributed by atoms with van der Waals surface area (Å²) in [7, 11) is 0. The van der Waals surface area contributed by atoms with Crippen LogP contribution in [0.3, 0.4) is 0 Å². The number of hydrogen-bond donors (Lipinski definition) is 3. The third-order valence-corrected chi connectivity index (χ3v) is 10.9. The molecule has 0 saturated carbocycles. The first-order chi connectivity index (χ1) is 24.4. The van der Waals surface area contributed by atoms with Gasteiger partial charge in [0.2, 0.25) is 0 Å². The summed E-state index contributed by atoms with van der Waals surface area (Å²) in [6.07, 6.45) is 24.9. The van der Waals surface area contributed by atoms with Gasteiger partial charge in [0, 0.05) is 52.2 Å². The zero-order valence-electron chi connectivity index (χ0n) is 32.9. The van der Waals surface area contributed by atoms with Gasteiger partial charge in [0.15, 0.2) is 17.4 Å². The predicted molar refractivity (Wildman–Crippen MR) is 206 cm³/mol. The Morgan fingerprint density at radius 2 is 1.35 bits per heavy atom. The SMILES string of the molecule is CCCCCCCCCCCCCCCCC(CC)C(=O)c1cc[nH]c1CCCC(CC(=O)O)c1[nH]ccc1C(=O)C1OC(C)(C)OCC1(C)C. The maximum absolute atomic E-state index is 13.9. The lowest BCUT2D eigenvalue weighted by molar-refractivity contribution is -0.298. The second kappa shape index (κ2) is 21.7. The third-order valence-electron chi connectivity index (χ3n) is 10.9. The molecular formula is C43H70N2O6. The number of carbonyl (C=O) groups is 3. The number of aromatic nitrogens is 2. The van der Waals surface area contributed by atoms with E-state index in [1.54, 1.807) is 26.1 Å². The van der Waals surface area contributed by atoms with Crippen LogP contribution in [-0.4, -0.2) is 51.1 Å². The molecule has 3 rings (SSSR count). The van der Waals surface area contributed by atoms with Gasteiger partial charge in [0.05, 0.1) is 13.0 Å². The van der Waals surface area contributed by atoms with Crippen LogP contribution in [0.15, 0.2) is 24.5 Å². The Kier molecular flexibility index (Phi) is 18.2. The van der Waals surface area contributed by atoms with Gasteiger partial charge in [0.25, 0.3) is 0 Å². The minimum absolute atomic E-state index is 0.0192. The molecule has 8 heteroatoms. The number of carboxylic acid groups (broad SMARTS) is 1. The number of ether oxygens (including phenoxy) is 2. The van der Waals surface area contributed by atoms with Crippen LogP contribution in [0.1, 0.15) is 202 Å². The third kappa shape index (κ3) is 14.0. The maximum atomic E-state index is 13.9. The quantitative estimate of drug-likeness (QED) is 0.0627. The average Bonchev–Trinajstić information content (AvgIpc) is 3.77. The molecule has 0 spiro atoms. The molecule has 1 saturated heterocycles. The van der Waals surface area contributed by atoms with E-state index in [1.165, 1.54) is 83.5 Å². The van der Waals surface area contributed by atoms with Crippen LogP contribution < -0.4 is 0 Å². The van der Waals surface area contributed by atoms with E-state index in [2.05, 4.69) is 23.8 Å². The first-order valence-corrected chi connectivity index (χ1v) is 20.4. The van der Waals surface area contributed by atoms with Crippen molar-refractivity contribution < 1.29 is 29.0 Å². The van der Waals surface area contributed by atoms with Crippen molar-refractivity contribution >= 4 is 17.5 Å². The van der Waals surface area contributed by atoms with Crippen LogP contribution in [0.2, 0.25) is 0 Å². The van der Waals surface area contributed by atoms with Crippen molar-refractivity contribution in [2.75, 3.05) is 6.61 Å². The number of aryl methyl sites for hydroxylation is 1. The fourth-order valence-corrected chi connectivity index (χ4v) is 7.65. The number of nitrogens with one attached hydrogen (secondary N) is 2. The average molecular weight is 711 g/mol. The maximum Gasteiger partial charge on any atom is 0.304 e. The molecule has 3 N–H and O–H groups in total. The van der Waals surface area contributed by atoms with Crippen LogP contribution in [0.4, 0.5) is 0 Å². The summed E-state index contributed by atoms with van der Waals surface area (Å²) in [5.41, 5.74) is 2.24. The molecule has 0 radical (unpaired) electrons. The van der Waals surface area contributed by atoms with Crippen molar-refractivity contribution in [2.24, 2.45) is 11.3 Å². The Morgan fingerprint density at radius 1 is 0.784 bits per heavy atom. The predicted octanol–water partition coefficient (Wildman–Crippen LogP) is 11.4. The molecule has 0 aliphatic carbocycles. The number of H-pyrrole nitrogens is 2. The van der Waals surface area contributed by atoms with Gasteiger partial charge in [-0.05, 0) is 58.1 Å². The number of carbonyl (C=O) groups excluding carboxylic acids is 2. The summed E-state index contributed by atoms with van der Waals surface area (Å²) in [5, 5.41) is 9.81. The van der Waals surface area contributed by atoms with Gasteiger partial charge in [-0.25, -0.2) is 0 Å². The molecule has 3 atom stereocenters. The zero-order chi connectivity index (χ0) is 37.3. The molecule has 3 unspecified atom stereocenters. The molecule has 1 aliphatic rings. The Bertz CT molecular complexity index is 1320. The monoisotopic (exact) mass is 711 g/mol. The topological polar surface area (TPSA) is 121 Å². The van der Waals surface area contributed by atoms with Crippen LogP contribution in [0, 0.1) is 11.3 Å². The van der Waals surface area contributed by atoms with Gasteiger partial charge < -0.3 is 24.5 Å². The summed E-state index contributed by atoms with van der Waals surface area (Å²) in [5.74, 6) is -2.12. The van der Waals surface area contributed by atoms with Crippen molar-refractivity contribution in [3.05, 3.63) is 47.0 Å². The van der Waals surface area contributed by atoms with Gasteiger partial charge in [0.1, 0.15) is 6.10 Å². The van der Waals surface area contributed by atoms with Gasteiger partial charge in [-0.15, -0.1) is 0 Å². The summed E-state index contributed by atoms with van der Waals surface area (Å²) < 4.78 is 11.9. The smallest absolute Gasteiger partial charge is 0.304 e. The standard InChI is InChI=1S/C43H70N2O6/c1-7-9-10-11-12-13-14-15-16-17-18-19-20-21-23-32(8-2)39(48)34-26-28-44-36(34)25-22-24-33(30-37(46)47)38-35(27-29-45-38)40(49)41-42(3,4)31-50-43(5,6)51-41/h26-29,32-33,41,44-45H,7-25,30-31H2,1-6H3,(H,46,47). The highest BCUT2D eigenvalue weighted by Gasteiger charge is 2.46. The van der Waals surface area contributed by atoms with E-state index in [0.29, 0.717) is 37.1 Å². The highest BCUT2D eigenvalue weighted by atomic mass is 16.7. The van der Waals surface area contributed by atoms with Crippen molar-refractivity contribution in [1.82, 2.24) is 9.97 Å². The summed E-state index contributed by atoms with van der Waals surface area (Å²) >= 11 is 0. The molecule has 0 amide bonds. The summed E-state index contributed by atoms with van der Waals surface area (Å²) in [6, 6.07) is 3.64. The fourth-order valence-electron chi connectivity index (χ4n) is 7.65. The van der Waals surface area contributed by atoms with Crippen molar-refractivity contribution in [1.29, 1.82) is 0 Å². The number of aromatic amines is 2. The lowest BCUT2D eigenvalue weighted by Crippen LogP contribution is -2.53. The van der Waals surface area contributed by atoms with E-state index in [1.807, 2.05) is 26.1 Å². The largest absolute Gasteiger partial charge is 0.481 e. The summed E-state index contributed by atoms with van der Waals surface area (Å²) in [4.78, 5) is 46.0. The van der Waals surface area contributed by atoms with Crippen LogP contribution in [0.25, 0.3) is 0 Å². The Hall–Kier alpha value is -2.71. The number of unbranched alkanes of at least 4 members (excludes halogenated alkanes) is 13. The van der Waals surface area contributed by atoms with Gasteiger partial charge >= 0.3 is 5.97 Å². The molecule has 51 heavy (non-hydrogen) atoms. The minimum atomic E-state index is -0.915. The van der Waals surface area contributed by atoms with Gasteiger partial charge in [-0.1, -0.05) is 118 Å². The van der Waals surface area contributed by atoms with Crippen molar-refractivity contribution in [2.45, 2.75) is 188 Å². The van der Waals surface area contributed by atoms with E-state index >= 15 is 0 Å². The second-order valence-corrected chi connectivity index (χ2v) is 16.3. The van der Waals surface area contributed by atoms with Gasteiger partial charge in [-0.3, -0.25) is 14.4 Å². The molecule has 1 fully saturated rings. The Balaban J connectivity index is 1.47. The number of carboxylic acids is 1. The highest BCUT2D eigenvalue weighted by Crippen LogP contribution is 2.38. The van der Waals surface area contributed by atoms with Gasteiger partial charge in [-0.2, -0.15) is 0 Å². The number of Topliss-reactive ketones (excluding diaryl/α,β-unsaturated/α-hetero) is 2. The molecule has 0 aromatic carbocycles. The molecule has 1 aliphatic heterocycles. The lowest BCUT2D eigenvalue weighted by Gasteiger charge is -2.45. The van der Waals surface area contributed by atoms with E-state index in [0.717, 1.165) is 30.5 Å². The molecule has 0 bridgehead atoms. The van der Waals surface area contributed by atoms with Crippen molar-refractivity contribution in [3.8, 4) is 0 Å². The van der Waals surface area contributed by atoms with Crippen LogP contribution in [0.5, 0.6) is 0 Å². The number of ketones is 2. The highest BCUT2D eigenvalue weighted by molar-refractivity contribution is 6.01. The molecule has 8 nitrogen and oxygen atoms in total. The zero-order valence-corrected chi connectivity index (χ0v) is 32.9. The molecule has 3 heterocycles. The summed E-state index contributed by atoms with van der Waals surface area (Å²) in [6.45, 7) is 12.3. The Morgan fingerprint density at radius 3 is 1.94 bits per heavy atom. The molecule has 288 valence electrons. The number of rotatable bonds is 27. The van der Waals surface area contributed by atoms with Crippen LogP contribution >= 0.6 is 0 Å². The van der Waals surface area contributed by atoms with E-state index < -0.39 is 23.3 Å². The van der Waals surface area contributed by atoms with Crippen molar-refractivity contribution in [3.63, 3.8) is 0 Å². The Labute approximate surface area is 308 Å². The first-order valence-electron chi connectivity index (χ1n) is 20.4. The number of aliphatic carboxylic acids is 1.